The van der Waals surface area contributed by atoms with Gasteiger partial charge in [0.05, 0.1) is 40.0 Å². The minimum atomic E-state index is -4.67. The van der Waals surface area contributed by atoms with Crippen LogP contribution in [-0.2, 0) is 37.4 Å². The molecule has 0 aromatic carbocycles. The molecule has 1 fully saturated rings. The fraction of sp³-hybridized carbons (Fsp3) is 0.600. The number of quaternary nitrogens is 1. The van der Waals surface area contributed by atoms with E-state index in [1.54, 1.807) is 0 Å². The van der Waals surface area contributed by atoms with Gasteiger partial charge in [0.25, 0.3) is 7.82 Å². The summed E-state index contributed by atoms with van der Waals surface area (Å²) in [7, 11) is 1.06. The van der Waals surface area contributed by atoms with Gasteiger partial charge in [-0.3, -0.25) is 14.2 Å². The summed E-state index contributed by atoms with van der Waals surface area (Å²) in [6.45, 7) is 3.89. The van der Waals surface area contributed by atoms with Crippen molar-refractivity contribution < 1.29 is 46.8 Å². The van der Waals surface area contributed by atoms with E-state index in [-0.39, 0.29) is 26.1 Å². The smallest absolute Gasteiger partial charge is 0.306 e. The molecule has 1 saturated heterocycles. The molecule has 11 heteroatoms. The summed E-state index contributed by atoms with van der Waals surface area (Å²) in [5.41, 5.74) is 0. The third-order valence-corrected chi connectivity index (χ3v) is 10.2. The number of hydrogen-bond acceptors (Lipinski definition) is 9. The van der Waals surface area contributed by atoms with Crippen LogP contribution in [0.15, 0.2) is 109 Å². The number of carbonyl (C=O) groups excluding carboxylic acids is 2. The highest BCUT2D eigenvalue weighted by molar-refractivity contribution is 7.45. The quantitative estimate of drug-likeness (QED) is 0.0149. The van der Waals surface area contributed by atoms with Crippen molar-refractivity contribution >= 4 is 19.8 Å². The predicted octanol–water partition coefficient (Wildman–Crippen LogP) is 11.5. The molecule has 1 aliphatic rings. The fourth-order valence-electron chi connectivity index (χ4n) is 5.54. The average Bonchev–Trinajstić information content (AvgIpc) is 3.97. The van der Waals surface area contributed by atoms with Gasteiger partial charge in [0, 0.05) is 12.8 Å². The number of ether oxygens (including phenoxy) is 3. The lowest BCUT2D eigenvalue weighted by molar-refractivity contribution is -0.870. The summed E-state index contributed by atoms with van der Waals surface area (Å²) in [5.74, 6) is -1.02. The lowest BCUT2D eigenvalue weighted by atomic mass is 10.1. The molecule has 0 saturated carbocycles. The van der Waals surface area contributed by atoms with Gasteiger partial charge < -0.3 is 32.6 Å². The Morgan fingerprint density at radius 2 is 1.10 bits per heavy atom. The molecule has 0 aromatic rings. The Balaban J connectivity index is 2.38. The predicted molar refractivity (Wildman–Crippen MR) is 249 cm³/mol. The van der Waals surface area contributed by atoms with E-state index in [0.717, 1.165) is 64.2 Å². The molecule has 3 unspecified atom stereocenters. The van der Waals surface area contributed by atoms with E-state index in [1.807, 2.05) is 39.4 Å². The summed E-state index contributed by atoms with van der Waals surface area (Å²) in [4.78, 5) is 37.6. The second kappa shape index (κ2) is 37.2. The monoisotopic (exact) mass is 870 g/mol. The fourth-order valence-corrected chi connectivity index (χ4v) is 6.26. The molecule has 344 valence electrons. The van der Waals surface area contributed by atoms with Crippen molar-refractivity contribution in [1.29, 1.82) is 0 Å². The topological polar surface area (TPSA) is 124 Å². The largest absolute Gasteiger partial charge is 0.756 e. The first-order valence-electron chi connectivity index (χ1n) is 22.7. The van der Waals surface area contributed by atoms with Crippen molar-refractivity contribution in [3.63, 3.8) is 0 Å². The zero-order chi connectivity index (χ0) is 44.7. The van der Waals surface area contributed by atoms with Crippen molar-refractivity contribution in [3.8, 4) is 0 Å². The SMILES string of the molecule is CC/C=C\C/C=C\C/C=C\C/C=C\C/C=C\C/C=C\CCC(=O)OC[C@H](COP(=O)([O-])OCC[N+](C)(C)C)OC(=O)CCC/C=C\C/C=C\CC1OC1C/C=C\CCCCC. The lowest BCUT2D eigenvalue weighted by Gasteiger charge is -2.28. The Hall–Kier alpha value is -3.37. The molecule has 10 nitrogen and oxygen atoms in total. The van der Waals surface area contributed by atoms with Gasteiger partial charge in [0.2, 0.25) is 0 Å². The minimum Gasteiger partial charge on any atom is -0.756 e. The van der Waals surface area contributed by atoms with Gasteiger partial charge in [-0.15, -0.1) is 0 Å². The summed E-state index contributed by atoms with van der Waals surface area (Å²) in [6, 6.07) is 0. The number of unbranched alkanes of at least 4 members (excludes halogenated alkanes) is 4. The van der Waals surface area contributed by atoms with Crippen LogP contribution in [0.4, 0.5) is 0 Å². The Bertz CT molecular complexity index is 1470. The maximum absolute atomic E-state index is 12.7. The summed E-state index contributed by atoms with van der Waals surface area (Å²) in [6.07, 6.45) is 53.1. The van der Waals surface area contributed by atoms with E-state index in [2.05, 4.69) is 105 Å². The van der Waals surface area contributed by atoms with E-state index in [4.69, 9.17) is 23.3 Å². The number of hydrogen-bond donors (Lipinski definition) is 0. The van der Waals surface area contributed by atoms with Crippen LogP contribution in [0.5, 0.6) is 0 Å². The van der Waals surface area contributed by atoms with Gasteiger partial charge in [-0.1, -0.05) is 136 Å². The van der Waals surface area contributed by atoms with Crippen molar-refractivity contribution in [3.05, 3.63) is 109 Å². The molecule has 1 aliphatic heterocycles. The molecule has 0 spiro atoms. The zero-order valence-corrected chi connectivity index (χ0v) is 39.1. The van der Waals surface area contributed by atoms with Gasteiger partial charge in [-0.05, 0) is 89.9 Å². The van der Waals surface area contributed by atoms with Crippen molar-refractivity contribution in [2.45, 2.75) is 148 Å². The van der Waals surface area contributed by atoms with Crippen LogP contribution in [-0.4, -0.2) is 82.2 Å². The van der Waals surface area contributed by atoms with Gasteiger partial charge in [0.15, 0.2) is 6.10 Å². The number of phosphoric acid groups is 1. The summed E-state index contributed by atoms with van der Waals surface area (Å²) in [5, 5.41) is 0. The molecule has 0 radical (unpaired) electrons. The van der Waals surface area contributed by atoms with E-state index in [1.165, 1.54) is 19.3 Å². The molecule has 0 aromatic heterocycles. The molecule has 4 atom stereocenters. The van der Waals surface area contributed by atoms with E-state index in [0.29, 0.717) is 42.5 Å². The number of allylic oxidation sites excluding steroid dienone is 16. The molecule has 0 bridgehead atoms. The molecule has 0 N–H and O–H groups in total. The number of phosphoric ester groups is 1. The number of nitrogens with zero attached hydrogens (tertiary/aromatic N) is 1. The molecular weight excluding hydrogens is 790 g/mol. The average molecular weight is 870 g/mol. The van der Waals surface area contributed by atoms with Crippen LogP contribution in [0, 0.1) is 0 Å². The second-order valence-electron chi connectivity index (χ2n) is 16.1. The van der Waals surface area contributed by atoms with Gasteiger partial charge in [-0.2, -0.15) is 0 Å². The molecular formula is C50H80NO9P. The van der Waals surface area contributed by atoms with Gasteiger partial charge >= 0.3 is 11.9 Å². The first kappa shape index (κ1) is 55.6. The maximum atomic E-state index is 12.7. The number of likely N-dealkylation sites (N-methyl/N-ethyl adjacent to an activating group) is 1. The number of carbonyl (C=O) groups is 2. The Labute approximate surface area is 370 Å². The molecule has 0 amide bonds. The second-order valence-corrected chi connectivity index (χ2v) is 17.5. The number of esters is 2. The normalized spacial score (nSPS) is 17.9. The van der Waals surface area contributed by atoms with Gasteiger partial charge in [0.1, 0.15) is 19.8 Å². The Morgan fingerprint density at radius 1 is 0.607 bits per heavy atom. The van der Waals surface area contributed by atoms with E-state index >= 15 is 0 Å². The number of epoxide rings is 1. The molecule has 0 aliphatic carbocycles. The highest BCUT2D eigenvalue weighted by Crippen LogP contribution is 2.38. The van der Waals surface area contributed by atoms with E-state index in [9.17, 15) is 19.0 Å². The van der Waals surface area contributed by atoms with Crippen molar-refractivity contribution in [2.24, 2.45) is 0 Å². The summed E-state index contributed by atoms with van der Waals surface area (Å²) < 4.78 is 39.5. The first-order valence-corrected chi connectivity index (χ1v) is 24.2. The van der Waals surface area contributed by atoms with E-state index < -0.39 is 32.5 Å². The molecule has 1 heterocycles. The number of rotatable bonds is 38. The Morgan fingerprint density at radius 3 is 1.66 bits per heavy atom. The van der Waals surface area contributed by atoms with Crippen molar-refractivity contribution in [1.82, 2.24) is 0 Å². The van der Waals surface area contributed by atoms with Crippen LogP contribution < -0.4 is 4.89 Å². The van der Waals surface area contributed by atoms with Crippen LogP contribution in [0.3, 0.4) is 0 Å². The minimum absolute atomic E-state index is 0.0614. The third kappa shape index (κ3) is 38.1. The van der Waals surface area contributed by atoms with Gasteiger partial charge in [-0.25, -0.2) is 0 Å². The van der Waals surface area contributed by atoms with Crippen LogP contribution in [0.25, 0.3) is 0 Å². The van der Waals surface area contributed by atoms with Crippen LogP contribution >= 0.6 is 7.82 Å². The lowest BCUT2D eigenvalue weighted by Crippen LogP contribution is -2.37. The maximum Gasteiger partial charge on any atom is 0.306 e. The van der Waals surface area contributed by atoms with Crippen LogP contribution in [0.2, 0.25) is 0 Å². The molecule has 61 heavy (non-hydrogen) atoms. The highest BCUT2D eigenvalue weighted by Gasteiger charge is 2.36. The van der Waals surface area contributed by atoms with Crippen LogP contribution in [0.1, 0.15) is 129 Å². The zero-order valence-electron chi connectivity index (χ0n) is 38.2. The molecule has 1 rings (SSSR count). The highest BCUT2D eigenvalue weighted by atomic mass is 31.2. The first-order chi connectivity index (χ1) is 29.5. The standard InChI is InChI=1S/C50H80NO9P/c1-6-8-10-12-14-15-16-17-18-19-20-21-22-23-24-25-28-32-36-40-49(52)56-44-46(45-58-61(54,55)57-43-42-51(3,4)5)59-50(53)41-37-33-29-26-27-31-35-39-48-47(60-48)38-34-30-13-11-9-7-2/h8,10,14-15,17-18,20-21,23-24,26,28-32,34-35,46-48H,6-7,9,11-13,16,19,22,25,27,33,36-45H2,1-5H3/b10-8-,15-14-,18-17-,21-20-,24-23-,29-26-,32-28-,34-30-,35-31-/t46-,47?,48?/m1/s1. The van der Waals surface area contributed by atoms with Crippen molar-refractivity contribution in [2.75, 3.05) is 47.5 Å². The third-order valence-electron chi connectivity index (χ3n) is 9.19. The Kier molecular flexibility index (Phi) is 33.9. The summed E-state index contributed by atoms with van der Waals surface area (Å²) >= 11 is 0.